The van der Waals surface area contributed by atoms with Crippen molar-refractivity contribution in [2.75, 3.05) is 6.54 Å². The zero-order valence-electron chi connectivity index (χ0n) is 14.0. The molecular formula is C17H18ClN3OS3. The van der Waals surface area contributed by atoms with Gasteiger partial charge in [-0.2, -0.15) is 0 Å². The van der Waals surface area contributed by atoms with Crippen LogP contribution in [-0.4, -0.2) is 22.4 Å². The van der Waals surface area contributed by atoms with Gasteiger partial charge >= 0.3 is 0 Å². The van der Waals surface area contributed by atoms with Crippen molar-refractivity contribution in [1.29, 1.82) is 0 Å². The summed E-state index contributed by atoms with van der Waals surface area (Å²) >= 11 is 10.6. The molecule has 0 aliphatic heterocycles. The van der Waals surface area contributed by atoms with Crippen LogP contribution < -0.4 is 5.32 Å². The summed E-state index contributed by atoms with van der Waals surface area (Å²) in [6.07, 6.45) is 2.93. The van der Waals surface area contributed by atoms with Crippen molar-refractivity contribution in [3.8, 4) is 9.88 Å². The number of halogens is 1. The molecule has 0 saturated carbocycles. The van der Waals surface area contributed by atoms with Crippen molar-refractivity contribution >= 4 is 51.5 Å². The van der Waals surface area contributed by atoms with Gasteiger partial charge in [-0.1, -0.05) is 11.6 Å². The number of carbonyl (C=O) groups is 1. The summed E-state index contributed by atoms with van der Waals surface area (Å²) in [5.41, 5.74) is 1.84. The smallest absolute Gasteiger partial charge is 0.263 e. The van der Waals surface area contributed by atoms with Gasteiger partial charge in [0.05, 0.1) is 19.9 Å². The maximum Gasteiger partial charge on any atom is 0.263 e. The number of thiophene rings is 1. The number of hydrogen-bond acceptors (Lipinski definition) is 6. The Kier molecular flexibility index (Phi) is 6.22. The highest BCUT2D eigenvalue weighted by atomic mass is 35.5. The van der Waals surface area contributed by atoms with Crippen LogP contribution in [0.15, 0.2) is 17.5 Å². The standard InChI is InChI=1S/C17H18ClN3OS3/c1-10-9-23-14(20-10)5-3-4-8-19-16(22)15-11(2)21-17(25-15)12-6-7-13(18)24-12/h6-7,9H,3-5,8H2,1-2H3,(H,19,22). The lowest BCUT2D eigenvalue weighted by atomic mass is 10.2. The van der Waals surface area contributed by atoms with E-state index in [9.17, 15) is 4.79 Å². The first-order chi connectivity index (χ1) is 12.0. The number of aromatic nitrogens is 2. The van der Waals surface area contributed by atoms with E-state index in [0.717, 1.165) is 44.9 Å². The fourth-order valence-electron chi connectivity index (χ4n) is 2.34. The van der Waals surface area contributed by atoms with E-state index in [0.29, 0.717) is 11.4 Å². The molecule has 3 aromatic rings. The van der Waals surface area contributed by atoms with Gasteiger partial charge in [0.15, 0.2) is 0 Å². The average Bonchev–Trinajstić information content (AvgIpc) is 3.27. The second-order valence-electron chi connectivity index (χ2n) is 5.63. The molecule has 0 bridgehead atoms. The molecule has 3 heterocycles. The van der Waals surface area contributed by atoms with Crippen LogP contribution in [0.25, 0.3) is 9.88 Å². The van der Waals surface area contributed by atoms with Crippen molar-refractivity contribution in [1.82, 2.24) is 15.3 Å². The number of aryl methyl sites for hydroxylation is 3. The van der Waals surface area contributed by atoms with E-state index in [1.54, 1.807) is 11.3 Å². The van der Waals surface area contributed by atoms with E-state index in [1.165, 1.54) is 27.7 Å². The third-order valence-electron chi connectivity index (χ3n) is 3.56. The number of amides is 1. The molecule has 0 fully saturated rings. The maximum atomic E-state index is 12.4. The van der Waals surface area contributed by atoms with Crippen LogP contribution in [-0.2, 0) is 6.42 Å². The molecule has 0 aliphatic rings. The molecule has 1 N–H and O–H groups in total. The average molecular weight is 412 g/mol. The maximum absolute atomic E-state index is 12.4. The van der Waals surface area contributed by atoms with Crippen molar-refractivity contribution in [3.63, 3.8) is 0 Å². The zero-order chi connectivity index (χ0) is 17.8. The van der Waals surface area contributed by atoms with Crippen LogP contribution >= 0.6 is 45.6 Å². The predicted octanol–water partition coefficient (Wildman–Crippen LogP) is 5.35. The van der Waals surface area contributed by atoms with E-state index in [1.807, 2.05) is 26.0 Å². The fourth-order valence-corrected chi connectivity index (χ4v) is 5.24. The van der Waals surface area contributed by atoms with Crippen LogP contribution in [0.1, 0.15) is 38.9 Å². The first-order valence-corrected chi connectivity index (χ1v) is 10.8. The highest BCUT2D eigenvalue weighted by molar-refractivity contribution is 7.24. The van der Waals surface area contributed by atoms with Crippen molar-refractivity contribution < 1.29 is 4.79 Å². The molecule has 3 rings (SSSR count). The number of hydrogen-bond donors (Lipinski definition) is 1. The molecule has 0 saturated heterocycles. The molecule has 0 spiro atoms. The molecule has 1 amide bonds. The van der Waals surface area contributed by atoms with Crippen molar-refractivity contribution in [2.24, 2.45) is 0 Å². The normalized spacial score (nSPS) is 11.0. The molecule has 0 atom stereocenters. The van der Waals surface area contributed by atoms with Crippen molar-refractivity contribution in [2.45, 2.75) is 33.1 Å². The Labute approximate surface area is 163 Å². The molecule has 4 nitrogen and oxygen atoms in total. The molecule has 25 heavy (non-hydrogen) atoms. The predicted molar refractivity (Wildman–Crippen MR) is 107 cm³/mol. The summed E-state index contributed by atoms with van der Waals surface area (Å²) in [5.74, 6) is -0.0472. The van der Waals surface area contributed by atoms with Gasteiger partial charge in [0.2, 0.25) is 0 Å². The third kappa shape index (κ3) is 4.88. The van der Waals surface area contributed by atoms with Crippen LogP contribution in [0.3, 0.4) is 0 Å². The number of carbonyl (C=O) groups excluding carboxylic acids is 1. The quantitative estimate of drug-likeness (QED) is 0.533. The molecule has 132 valence electrons. The summed E-state index contributed by atoms with van der Waals surface area (Å²) in [7, 11) is 0. The number of thiazole rings is 2. The van der Waals surface area contributed by atoms with Gasteiger partial charge in [0.25, 0.3) is 5.91 Å². The lowest BCUT2D eigenvalue weighted by molar-refractivity contribution is 0.0956. The summed E-state index contributed by atoms with van der Waals surface area (Å²) in [6, 6.07) is 3.79. The number of nitrogens with one attached hydrogen (secondary N) is 1. The fraction of sp³-hybridized carbons (Fsp3) is 0.353. The number of nitrogens with zero attached hydrogens (tertiary/aromatic N) is 2. The Morgan fingerprint density at radius 1 is 1.20 bits per heavy atom. The van der Waals surface area contributed by atoms with Gasteiger partial charge in [-0.05, 0) is 45.2 Å². The Morgan fingerprint density at radius 2 is 2.04 bits per heavy atom. The largest absolute Gasteiger partial charge is 0.351 e. The second-order valence-corrected chi connectivity index (χ2v) is 9.29. The Hall–Kier alpha value is -1.28. The van der Waals surface area contributed by atoms with E-state index < -0.39 is 0 Å². The molecule has 0 aliphatic carbocycles. The first-order valence-electron chi connectivity index (χ1n) is 7.95. The van der Waals surface area contributed by atoms with Gasteiger partial charge in [0, 0.05) is 17.6 Å². The van der Waals surface area contributed by atoms with E-state index in [-0.39, 0.29) is 5.91 Å². The highest BCUT2D eigenvalue weighted by Gasteiger charge is 2.16. The molecule has 0 aromatic carbocycles. The van der Waals surface area contributed by atoms with E-state index in [2.05, 4.69) is 20.7 Å². The van der Waals surface area contributed by atoms with Gasteiger partial charge in [-0.15, -0.1) is 34.0 Å². The summed E-state index contributed by atoms with van der Waals surface area (Å²) in [4.78, 5) is 23.0. The molecular weight excluding hydrogens is 394 g/mol. The summed E-state index contributed by atoms with van der Waals surface area (Å²) in [6.45, 7) is 4.55. The zero-order valence-corrected chi connectivity index (χ0v) is 17.2. The minimum absolute atomic E-state index is 0.0472. The van der Waals surface area contributed by atoms with Crippen LogP contribution in [0, 0.1) is 13.8 Å². The second kappa shape index (κ2) is 8.40. The van der Waals surface area contributed by atoms with Crippen LogP contribution in [0.2, 0.25) is 4.34 Å². The van der Waals surface area contributed by atoms with Gasteiger partial charge in [-0.25, -0.2) is 9.97 Å². The van der Waals surface area contributed by atoms with Gasteiger partial charge in [0.1, 0.15) is 9.88 Å². The molecule has 3 aromatic heterocycles. The lowest BCUT2D eigenvalue weighted by Gasteiger charge is -2.03. The Balaban J connectivity index is 1.49. The summed E-state index contributed by atoms with van der Waals surface area (Å²) < 4.78 is 0.726. The number of unbranched alkanes of at least 4 members (excludes halogenated alkanes) is 1. The van der Waals surface area contributed by atoms with Gasteiger partial charge in [-0.3, -0.25) is 4.79 Å². The lowest BCUT2D eigenvalue weighted by Crippen LogP contribution is -2.24. The minimum atomic E-state index is -0.0472. The van der Waals surface area contributed by atoms with Crippen molar-refractivity contribution in [3.05, 3.63) is 43.1 Å². The Morgan fingerprint density at radius 3 is 2.72 bits per heavy atom. The van der Waals surface area contributed by atoms with E-state index in [4.69, 9.17) is 11.6 Å². The Bertz CT molecular complexity index is 868. The van der Waals surface area contributed by atoms with Crippen LogP contribution in [0.4, 0.5) is 0 Å². The van der Waals surface area contributed by atoms with Gasteiger partial charge < -0.3 is 5.32 Å². The highest BCUT2D eigenvalue weighted by Crippen LogP contribution is 2.34. The SMILES string of the molecule is Cc1csc(CCCCNC(=O)c2sc(-c3ccc(Cl)s3)nc2C)n1. The monoisotopic (exact) mass is 411 g/mol. The third-order valence-corrected chi connectivity index (χ3v) is 7.14. The van der Waals surface area contributed by atoms with E-state index >= 15 is 0 Å². The molecule has 8 heteroatoms. The first kappa shape index (κ1) is 18.5. The topological polar surface area (TPSA) is 54.9 Å². The molecule has 0 radical (unpaired) electrons. The van der Waals surface area contributed by atoms with Crippen LogP contribution in [0.5, 0.6) is 0 Å². The number of rotatable bonds is 7. The molecule has 0 unspecified atom stereocenters. The summed E-state index contributed by atoms with van der Waals surface area (Å²) in [5, 5.41) is 7.08. The minimum Gasteiger partial charge on any atom is -0.351 e.